The number of allylic oxidation sites excluding steroid dienone is 1. The molecule has 0 N–H and O–H groups in total. The largest absolute Gasteiger partial charge is 0.147 e. The van der Waals surface area contributed by atoms with E-state index in [1.165, 1.54) is 20.9 Å². The second-order valence-electron chi connectivity index (χ2n) is 10.6. The maximum Gasteiger partial charge on any atom is -0.147 e. The summed E-state index contributed by atoms with van der Waals surface area (Å²) in [5, 5.41) is 0. The molecule has 1 aromatic heterocycles. The van der Waals surface area contributed by atoms with Crippen molar-refractivity contribution in [3.8, 4) is 0 Å². The fraction of sp³-hybridized carbons (Fsp3) is 0.0882. The van der Waals surface area contributed by atoms with Gasteiger partial charge in [0.1, 0.15) is 0 Å². The zero-order valence-corrected chi connectivity index (χ0v) is 26.8. The third-order valence-corrected chi connectivity index (χ3v) is 44.1. The summed E-state index contributed by atoms with van der Waals surface area (Å²) in [6.07, 6.45) is 4.95. The van der Waals surface area contributed by atoms with E-state index in [1.54, 1.807) is 6.21 Å². The van der Waals surface area contributed by atoms with Crippen LogP contribution < -0.4 is 12.8 Å². The van der Waals surface area contributed by atoms with Gasteiger partial charge in [-0.15, -0.1) is 24.8 Å². The predicted molar refractivity (Wildman–Crippen MR) is 173 cm³/mol. The fourth-order valence-corrected chi connectivity index (χ4v) is 45.9. The molecule has 4 heteroatoms. The first-order chi connectivity index (χ1) is 17.6. The molecule has 1 aliphatic rings. The van der Waals surface area contributed by atoms with Crippen LogP contribution in [-0.2, 0) is 16.8 Å². The van der Waals surface area contributed by atoms with Gasteiger partial charge in [0.2, 0.25) is 0 Å². The van der Waals surface area contributed by atoms with E-state index in [2.05, 4.69) is 159 Å². The molecule has 5 aromatic rings. The summed E-state index contributed by atoms with van der Waals surface area (Å²) in [6.45, 7) is 4.89. The molecule has 0 aliphatic heterocycles. The van der Waals surface area contributed by atoms with Crippen LogP contribution in [0.15, 0.2) is 139 Å². The SMILES string of the molecule is C[C](C)=[Zr]([c]1ccccc1)([c]1ccccc1)([c]1ccccc1)([c]1ccc[pH]1)[CH]1C=Cc2ccccc21.Cl.Cl. The Kier molecular flexibility index (Phi) is 7.84. The topological polar surface area (TPSA) is 0 Å². The van der Waals surface area contributed by atoms with Crippen molar-refractivity contribution >= 4 is 55.1 Å². The van der Waals surface area contributed by atoms with Crippen molar-refractivity contribution in [2.24, 2.45) is 0 Å². The Morgan fingerprint density at radius 3 is 1.50 bits per heavy atom. The minimum Gasteiger partial charge on any atom is -0.147 e. The maximum absolute atomic E-state index is 5.49. The maximum atomic E-state index is 2.56. The van der Waals surface area contributed by atoms with E-state index in [9.17, 15) is 0 Å². The third-order valence-electron chi connectivity index (χ3n) is 9.71. The van der Waals surface area contributed by atoms with E-state index in [0.29, 0.717) is 8.19 Å². The van der Waals surface area contributed by atoms with Gasteiger partial charge >= 0.3 is 215 Å². The van der Waals surface area contributed by atoms with E-state index in [0.717, 1.165) is 0 Å². The van der Waals surface area contributed by atoms with E-state index in [-0.39, 0.29) is 28.4 Å². The molecule has 38 heavy (non-hydrogen) atoms. The fourth-order valence-electron chi connectivity index (χ4n) is 8.33. The summed E-state index contributed by atoms with van der Waals surface area (Å²) in [6, 6.07) is 48.6. The van der Waals surface area contributed by atoms with Gasteiger partial charge in [-0.2, -0.15) is 0 Å². The van der Waals surface area contributed by atoms with E-state index < -0.39 is 16.8 Å². The second kappa shape index (κ2) is 10.4. The Morgan fingerprint density at radius 2 is 1.05 bits per heavy atom. The first-order valence-corrected chi connectivity index (χ1v) is 21.5. The van der Waals surface area contributed by atoms with Crippen molar-refractivity contribution in [3.63, 3.8) is 0 Å². The van der Waals surface area contributed by atoms with Crippen molar-refractivity contribution in [3.05, 3.63) is 150 Å². The van der Waals surface area contributed by atoms with Gasteiger partial charge in [0.15, 0.2) is 0 Å². The molecule has 193 valence electrons. The van der Waals surface area contributed by atoms with Gasteiger partial charge in [-0.05, 0) is 0 Å². The molecule has 2 unspecified atom stereocenters. The Bertz CT molecular complexity index is 1560. The molecule has 1 aliphatic carbocycles. The Balaban J connectivity index is 0.00000168. The summed E-state index contributed by atoms with van der Waals surface area (Å²) >= 11 is -5.49. The van der Waals surface area contributed by atoms with Gasteiger partial charge in [0.25, 0.3) is 0 Å². The van der Waals surface area contributed by atoms with Gasteiger partial charge in [0, 0.05) is 0 Å². The molecule has 1 heterocycles. The van der Waals surface area contributed by atoms with Crippen LogP contribution in [0, 0.1) is 0 Å². The van der Waals surface area contributed by atoms with Crippen molar-refractivity contribution < 1.29 is 16.8 Å². The summed E-state index contributed by atoms with van der Waals surface area (Å²) in [5.41, 5.74) is 2.80. The van der Waals surface area contributed by atoms with Gasteiger partial charge in [-0.1, -0.05) is 0 Å². The van der Waals surface area contributed by atoms with Crippen LogP contribution in [0.5, 0.6) is 0 Å². The normalized spacial score (nSPS) is 16.0. The second-order valence-corrected chi connectivity index (χ2v) is 32.3. The number of hydrogen-bond donors (Lipinski definition) is 0. The van der Waals surface area contributed by atoms with Crippen molar-refractivity contribution in [2.45, 2.75) is 17.5 Å². The molecule has 6 rings (SSSR count). The number of fused-ring (bicyclic) bond motifs is 1. The Morgan fingerprint density at radius 1 is 0.579 bits per heavy atom. The summed E-state index contributed by atoms with van der Waals surface area (Å²) in [7, 11) is 0.642. The summed E-state index contributed by atoms with van der Waals surface area (Å²) < 4.78 is 7.86. The number of halogens is 2. The minimum absolute atomic E-state index is 0. The molecule has 0 radical (unpaired) electrons. The molecule has 2 atom stereocenters. The first-order valence-electron chi connectivity index (χ1n) is 12.8. The predicted octanol–water partition coefficient (Wildman–Crippen LogP) is 7.37. The Hall–Kier alpha value is -2.27. The molecular weight excluding hydrogens is 601 g/mol. The summed E-state index contributed by atoms with van der Waals surface area (Å²) in [5.74, 6) is 2.39. The zero-order valence-electron chi connectivity index (χ0n) is 21.8. The third kappa shape index (κ3) is 3.06. The van der Waals surface area contributed by atoms with E-state index >= 15 is 0 Å². The Labute approximate surface area is 238 Å². The average molecular weight is 636 g/mol. The van der Waals surface area contributed by atoms with E-state index in [4.69, 9.17) is 0 Å². The van der Waals surface area contributed by atoms with Gasteiger partial charge in [-0.3, -0.25) is 0 Å². The summed E-state index contributed by atoms with van der Waals surface area (Å²) in [4.78, 5) is 0. The smallest absolute Gasteiger partial charge is 0.147 e. The van der Waals surface area contributed by atoms with Gasteiger partial charge < -0.3 is 0 Å². The molecule has 0 nitrogen and oxygen atoms in total. The molecule has 0 amide bonds. The average Bonchev–Trinajstić information content (AvgIpc) is 3.64. The molecule has 0 spiro atoms. The molecular formula is C34H34Cl2PZr. The molecule has 0 bridgehead atoms. The van der Waals surface area contributed by atoms with Crippen LogP contribution in [0.4, 0.5) is 0 Å². The minimum atomic E-state index is -5.49. The van der Waals surface area contributed by atoms with Crippen molar-refractivity contribution in [1.29, 1.82) is 0 Å². The molecule has 4 aromatic carbocycles. The van der Waals surface area contributed by atoms with Crippen LogP contribution in [-0.4, -0.2) is 3.21 Å². The standard InChI is InChI=1S/C9H7.3C6H5.C4H4P.C3H6.2ClH.Zr/c1-2-5-9-7-3-6-8(9)4-1;3*1-2-4-6-5-3-1;1-2-4-5-3-1;1-3-2;;;/h1-7H;3*1-5H;1-3,5H;1-2H3;2*1H;. The van der Waals surface area contributed by atoms with Crippen LogP contribution >= 0.6 is 33.0 Å². The number of rotatable bonds is 5. The van der Waals surface area contributed by atoms with Crippen molar-refractivity contribution in [1.82, 2.24) is 0 Å². The monoisotopic (exact) mass is 633 g/mol. The van der Waals surface area contributed by atoms with Crippen LogP contribution in [0.3, 0.4) is 0 Å². The van der Waals surface area contributed by atoms with Gasteiger partial charge in [-0.25, -0.2) is 0 Å². The molecule has 0 saturated heterocycles. The number of benzene rings is 4. The first kappa shape index (κ1) is 28.7. The van der Waals surface area contributed by atoms with Gasteiger partial charge in [0.05, 0.1) is 0 Å². The number of hydrogen-bond acceptors (Lipinski definition) is 0. The quantitative estimate of drug-likeness (QED) is 0.189. The van der Waals surface area contributed by atoms with Crippen molar-refractivity contribution in [2.75, 3.05) is 0 Å². The molecule has 0 fully saturated rings. The molecule has 0 saturated carbocycles. The van der Waals surface area contributed by atoms with Crippen LogP contribution in [0.1, 0.15) is 28.6 Å². The zero-order chi connectivity index (χ0) is 24.7. The van der Waals surface area contributed by atoms with Crippen LogP contribution in [0.25, 0.3) is 6.08 Å². The van der Waals surface area contributed by atoms with E-state index in [1.807, 2.05) is 0 Å². The van der Waals surface area contributed by atoms with Crippen LogP contribution in [0.2, 0.25) is 0 Å².